The number of likely N-dealkylation sites (tertiary alicyclic amines) is 1. The molecule has 2 N–H and O–H groups in total. The summed E-state index contributed by atoms with van der Waals surface area (Å²) in [6, 6.07) is 5.69. The molecule has 1 saturated heterocycles. The van der Waals surface area contributed by atoms with Crippen LogP contribution in [0.4, 0.5) is 31.1 Å². The van der Waals surface area contributed by atoms with Crippen molar-refractivity contribution in [1.29, 1.82) is 0 Å². The van der Waals surface area contributed by atoms with E-state index in [1.165, 1.54) is 18.0 Å². The molecule has 0 spiro atoms. The number of nitrogens with one attached hydrogen (secondary N) is 1. The van der Waals surface area contributed by atoms with Crippen LogP contribution in [0.15, 0.2) is 52.5 Å². The van der Waals surface area contributed by atoms with Crippen LogP contribution in [-0.4, -0.2) is 69.3 Å². The van der Waals surface area contributed by atoms with Crippen molar-refractivity contribution in [2.75, 3.05) is 20.3 Å². The minimum absolute atomic E-state index is 0.0959. The Morgan fingerprint density at radius 1 is 1.16 bits per heavy atom. The lowest BCUT2D eigenvalue weighted by atomic mass is 10.0. The molecule has 1 aromatic heterocycles. The number of hydrogen-bond donors (Lipinski definition) is 2. The van der Waals surface area contributed by atoms with Crippen LogP contribution >= 0.6 is 11.8 Å². The number of alkyl carbamates (subject to hydrolysis) is 1. The smallest absolute Gasteiger partial charge is 0.416 e. The van der Waals surface area contributed by atoms with E-state index in [0.29, 0.717) is 45.6 Å². The van der Waals surface area contributed by atoms with Gasteiger partial charge in [0.05, 0.1) is 60.1 Å². The number of amidine groups is 1. The zero-order chi connectivity index (χ0) is 31.1. The summed E-state index contributed by atoms with van der Waals surface area (Å²) >= 11 is 1.10. The summed E-state index contributed by atoms with van der Waals surface area (Å²) in [4.78, 5) is 30.4. The van der Waals surface area contributed by atoms with E-state index in [1.807, 2.05) is 0 Å². The minimum atomic E-state index is -5.00. The van der Waals surface area contributed by atoms with Gasteiger partial charge < -0.3 is 20.1 Å². The van der Waals surface area contributed by atoms with E-state index in [9.17, 15) is 41.0 Å². The van der Waals surface area contributed by atoms with Gasteiger partial charge in [-0.05, 0) is 59.7 Å². The Morgan fingerprint density at radius 3 is 2.60 bits per heavy atom. The number of hydrogen-bond acceptors (Lipinski definition) is 7. The summed E-state index contributed by atoms with van der Waals surface area (Å²) in [6.45, 7) is -0.327. The molecule has 0 bridgehead atoms. The summed E-state index contributed by atoms with van der Waals surface area (Å²) in [5.41, 5.74) is -2.15. The highest BCUT2D eigenvalue weighted by Crippen LogP contribution is 2.38. The number of nitrogens with zero attached hydrogens (tertiary/aromatic N) is 4. The lowest BCUT2D eigenvalue weighted by Crippen LogP contribution is -2.38. The van der Waals surface area contributed by atoms with E-state index in [-0.39, 0.29) is 30.3 Å². The van der Waals surface area contributed by atoms with Crippen LogP contribution in [0.3, 0.4) is 0 Å². The lowest BCUT2D eigenvalue weighted by molar-refractivity contribution is -0.143. The molecule has 16 heteroatoms. The normalized spacial score (nSPS) is 20.3. The van der Waals surface area contributed by atoms with Crippen LogP contribution in [-0.2, 0) is 28.4 Å². The lowest BCUT2D eigenvalue weighted by Gasteiger charge is -2.23. The molecular formula is C27H23F6N5O4S. The first kappa shape index (κ1) is 30.4. The van der Waals surface area contributed by atoms with Gasteiger partial charge in [0.15, 0.2) is 5.17 Å². The number of thioether (sulfide) groups is 1. The van der Waals surface area contributed by atoms with Crippen molar-refractivity contribution in [3.63, 3.8) is 0 Å². The third kappa shape index (κ3) is 6.49. The summed E-state index contributed by atoms with van der Waals surface area (Å²) in [5.74, 6) is -0.501. The molecule has 0 radical (unpaired) electrons. The van der Waals surface area contributed by atoms with E-state index in [0.717, 1.165) is 17.8 Å². The van der Waals surface area contributed by atoms with Crippen LogP contribution in [0.25, 0.3) is 17.0 Å². The van der Waals surface area contributed by atoms with Gasteiger partial charge in [-0.2, -0.15) is 36.4 Å². The van der Waals surface area contributed by atoms with Crippen LogP contribution in [0.2, 0.25) is 0 Å². The number of methoxy groups -OCH3 is 1. The molecule has 0 saturated carbocycles. The first-order chi connectivity index (χ1) is 20.3. The Kier molecular flexibility index (Phi) is 8.17. The molecule has 0 aliphatic carbocycles. The zero-order valence-corrected chi connectivity index (χ0v) is 23.1. The molecule has 1 fully saturated rings. The number of rotatable bonds is 5. The number of amides is 2. The second kappa shape index (κ2) is 11.6. The van der Waals surface area contributed by atoms with Crippen molar-refractivity contribution < 1.29 is 45.8 Å². The van der Waals surface area contributed by atoms with E-state index < -0.39 is 42.0 Å². The van der Waals surface area contributed by atoms with Gasteiger partial charge in [-0.15, -0.1) is 0 Å². The molecule has 228 valence electrons. The van der Waals surface area contributed by atoms with Gasteiger partial charge in [0.1, 0.15) is 0 Å². The predicted molar refractivity (Wildman–Crippen MR) is 145 cm³/mol. The van der Waals surface area contributed by atoms with E-state index in [1.54, 1.807) is 29.2 Å². The number of carbonyl (C=O) groups is 2. The first-order valence-electron chi connectivity index (χ1n) is 12.7. The highest BCUT2D eigenvalue weighted by molar-refractivity contribution is 8.18. The van der Waals surface area contributed by atoms with Gasteiger partial charge in [-0.3, -0.25) is 9.48 Å². The van der Waals surface area contributed by atoms with Crippen molar-refractivity contribution in [2.24, 2.45) is 4.99 Å². The molecule has 9 nitrogen and oxygen atoms in total. The van der Waals surface area contributed by atoms with Crippen molar-refractivity contribution in [3.8, 4) is 0 Å². The largest absolute Gasteiger partial charge is 0.453 e. The Morgan fingerprint density at radius 2 is 1.93 bits per heavy atom. The highest BCUT2D eigenvalue weighted by Gasteiger charge is 2.39. The number of fused-ring (bicyclic) bond motifs is 1. The topological polar surface area (TPSA) is 109 Å². The maximum atomic E-state index is 13.6. The third-order valence-electron chi connectivity index (χ3n) is 7.01. The monoisotopic (exact) mass is 627 g/mol. The quantitative estimate of drug-likeness (QED) is 0.307. The van der Waals surface area contributed by atoms with Gasteiger partial charge in [0.2, 0.25) is 0 Å². The molecule has 3 aromatic rings. The number of aliphatic imine (C=N–C) groups is 1. The molecule has 2 atom stereocenters. The maximum Gasteiger partial charge on any atom is 0.416 e. The average molecular weight is 628 g/mol. The molecule has 2 aromatic carbocycles. The van der Waals surface area contributed by atoms with Gasteiger partial charge in [-0.25, -0.2) is 4.79 Å². The number of alkyl halides is 6. The number of aliphatic hydroxyl groups excluding tert-OH is 1. The number of benzene rings is 2. The number of ether oxygens (including phenoxy) is 1. The van der Waals surface area contributed by atoms with Crippen molar-refractivity contribution >= 4 is 45.9 Å². The minimum Gasteiger partial charge on any atom is -0.453 e. The van der Waals surface area contributed by atoms with E-state index in [4.69, 9.17) is 0 Å². The fourth-order valence-corrected chi connectivity index (χ4v) is 5.96. The van der Waals surface area contributed by atoms with Gasteiger partial charge in [0.25, 0.3) is 5.91 Å². The molecule has 5 rings (SSSR count). The molecule has 2 aliphatic rings. The summed E-state index contributed by atoms with van der Waals surface area (Å²) in [7, 11) is 1.24. The number of halogens is 6. The molecule has 3 heterocycles. The van der Waals surface area contributed by atoms with Crippen LogP contribution in [0, 0.1) is 0 Å². The summed E-state index contributed by atoms with van der Waals surface area (Å²) in [6.07, 6.45) is -7.12. The third-order valence-corrected chi connectivity index (χ3v) is 8.03. The Bertz CT molecular complexity index is 1630. The number of carbonyl (C=O) groups excluding carboxylic acids is 2. The summed E-state index contributed by atoms with van der Waals surface area (Å²) in [5, 5.41) is 17.5. The Hall–Kier alpha value is -4.05. The second-order valence-corrected chi connectivity index (χ2v) is 10.9. The van der Waals surface area contributed by atoms with Crippen molar-refractivity contribution in [3.05, 3.63) is 69.8 Å². The highest BCUT2D eigenvalue weighted by atomic mass is 32.2. The summed E-state index contributed by atoms with van der Waals surface area (Å²) < 4.78 is 85.8. The first-order valence-corrected chi connectivity index (χ1v) is 13.6. The fourth-order valence-electron chi connectivity index (χ4n) is 4.96. The predicted octanol–water partition coefficient (Wildman–Crippen LogP) is 4.88. The average Bonchev–Trinajstić information content (AvgIpc) is 3.64. The molecule has 0 unspecified atom stereocenters. The van der Waals surface area contributed by atoms with Crippen molar-refractivity contribution in [1.82, 2.24) is 20.0 Å². The standard InChI is InChI=1S/C27H23F6N5O4S/c1-42-25(41)35-18-9-19(13-39)37(12-18)24-36-23(40)22(43-24)7-14-2-5-21-16(6-14)10-34-38(21)11-15-3-4-17(26(28,29)30)8-20(15)27(31,32)33/h2-8,10,18-19,39H,9,11-13H2,1H3,(H,35,41)/t18-,19-/m1/s1. The van der Waals surface area contributed by atoms with E-state index >= 15 is 0 Å². The van der Waals surface area contributed by atoms with Gasteiger partial charge in [-0.1, -0.05) is 12.1 Å². The SMILES string of the molecule is COC(=O)N[C@@H]1C[C@H](CO)N(C2=NC(=O)C(=Cc3ccc4c(cnn4Cc4ccc(C(F)(F)F)cc4C(F)(F)F)c3)S2)C1. The van der Waals surface area contributed by atoms with Gasteiger partial charge >= 0.3 is 18.4 Å². The Labute approximate surface area is 244 Å². The van der Waals surface area contributed by atoms with Crippen LogP contribution in [0.1, 0.15) is 28.7 Å². The molecular weight excluding hydrogens is 604 g/mol. The fraction of sp³-hybridized carbons (Fsp3) is 0.333. The second-order valence-electron chi connectivity index (χ2n) is 9.86. The molecule has 2 aliphatic heterocycles. The molecule has 43 heavy (non-hydrogen) atoms. The Balaban J connectivity index is 1.34. The van der Waals surface area contributed by atoms with Gasteiger partial charge in [0, 0.05) is 11.9 Å². The van der Waals surface area contributed by atoms with Crippen molar-refractivity contribution in [2.45, 2.75) is 37.4 Å². The number of aromatic nitrogens is 2. The number of aliphatic hydroxyl groups is 1. The maximum absolute atomic E-state index is 13.6. The van der Waals surface area contributed by atoms with E-state index in [2.05, 4.69) is 20.1 Å². The molecule has 2 amide bonds. The van der Waals surface area contributed by atoms with Crippen LogP contribution < -0.4 is 5.32 Å². The van der Waals surface area contributed by atoms with Crippen LogP contribution in [0.5, 0.6) is 0 Å². The zero-order valence-electron chi connectivity index (χ0n) is 22.2.